The van der Waals surface area contributed by atoms with Crippen LogP contribution < -0.4 is 0 Å². The van der Waals surface area contributed by atoms with Gasteiger partial charge in [0.05, 0.1) is 16.4 Å². The molecule has 5 nitrogen and oxygen atoms in total. The molecule has 1 unspecified atom stereocenters. The van der Waals surface area contributed by atoms with Crippen molar-refractivity contribution in [1.82, 2.24) is 19.6 Å². The highest BCUT2D eigenvalue weighted by atomic mass is 35.5. The Morgan fingerprint density at radius 3 is 2.46 bits per heavy atom. The Morgan fingerprint density at radius 2 is 1.88 bits per heavy atom. The van der Waals surface area contributed by atoms with Gasteiger partial charge in [-0.1, -0.05) is 35.3 Å². The van der Waals surface area contributed by atoms with Crippen LogP contribution >= 0.6 is 23.2 Å². The lowest BCUT2D eigenvalue weighted by molar-refractivity contribution is -0.136. The fourth-order valence-electron chi connectivity index (χ4n) is 3.41. The average molecular weight is 395 g/mol. The molecule has 0 spiro atoms. The lowest BCUT2D eigenvalue weighted by Gasteiger charge is -2.36. The first kappa shape index (κ1) is 19.2. The van der Waals surface area contributed by atoms with Crippen LogP contribution in [0, 0.1) is 13.8 Å². The lowest BCUT2D eigenvalue weighted by atomic mass is 10.2. The molecule has 1 saturated heterocycles. The first-order valence-electron chi connectivity index (χ1n) is 8.83. The Kier molecular flexibility index (Phi) is 5.90. The number of carbonyl (C=O) groups is 1. The van der Waals surface area contributed by atoms with Gasteiger partial charge in [-0.25, -0.2) is 0 Å². The number of aryl methyl sites for hydroxylation is 1. The number of benzene rings is 1. The molecule has 2 heterocycles. The molecule has 140 valence electrons. The summed E-state index contributed by atoms with van der Waals surface area (Å²) in [7, 11) is 0. The molecule has 2 aromatic rings. The summed E-state index contributed by atoms with van der Waals surface area (Å²) in [5.74, 6) is 0.0923. The van der Waals surface area contributed by atoms with Gasteiger partial charge in [0.1, 0.15) is 6.04 Å². The van der Waals surface area contributed by atoms with Crippen molar-refractivity contribution in [2.24, 2.45) is 0 Å². The van der Waals surface area contributed by atoms with Crippen LogP contribution in [-0.4, -0.2) is 51.7 Å². The zero-order chi connectivity index (χ0) is 18.8. The second kappa shape index (κ2) is 7.99. The highest BCUT2D eigenvalue weighted by Crippen LogP contribution is 2.23. The smallest absolute Gasteiger partial charge is 0.247 e. The number of aromatic nitrogens is 2. The van der Waals surface area contributed by atoms with E-state index in [1.165, 1.54) is 5.56 Å². The number of carbonyl (C=O) groups excluding carboxylic acids is 1. The number of nitrogens with zero attached hydrogens (tertiary/aromatic N) is 4. The Balaban J connectivity index is 1.58. The molecule has 3 rings (SSSR count). The zero-order valence-electron chi connectivity index (χ0n) is 15.4. The summed E-state index contributed by atoms with van der Waals surface area (Å²) in [6, 6.07) is 7.58. The van der Waals surface area contributed by atoms with Gasteiger partial charge in [-0.3, -0.25) is 14.4 Å². The van der Waals surface area contributed by atoms with Crippen LogP contribution in [0.25, 0.3) is 0 Å². The fourth-order valence-corrected chi connectivity index (χ4v) is 3.75. The van der Waals surface area contributed by atoms with Crippen LogP contribution in [0.5, 0.6) is 0 Å². The van der Waals surface area contributed by atoms with E-state index >= 15 is 0 Å². The van der Waals surface area contributed by atoms with E-state index in [0.717, 1.165) is 49.1 Å². The van der Waals surface area contributed by atoms with Crippen molar-refractivity contribution >= 4 is 29.1 Å². The Hall–Kier alpha value is -1.56. The van der Waals surface area contributed by atoms with Crippen LogP contribution in [-0.2, 0) is 11.3 Å². The Morgan fingerprint density at radius 1 is 1.19 bits per heavy atom. The normalized spacial score (nSPS) is 16.7. The Bertz CT molecular complexity index is 797. The average Bonchev–Trinajstić information content (AvgIpc) is 2.88. The predicted octanol–water partition coefficient (Wildman–Crippen LogP) is 3.71. The summed E-state index contributed by atoms with van der Waals surface area (Å²) >= 11 is 12.3. The molecule has 0 radical (unpaired) electrons. The third kappa shape index (κ3) is 4.05. The van der Waals surface area contributed by atoms with E-state index in [0.29, 0.717) is 5.02 Å². The minimum absolute atomic E-state index is 0.0923. The maximum absolute atomic E-state index is 12.9. The molecule has 1 atom stereocenters. The van der Waals surface area contributed by atoms with E-state index in [9.17, 15) is 4.79 Å². The van der Waals surface area contributed by atoms with Gasteiger partial charge in [-0.15, -0.1) is 0 Å². The van der Waals surface area contributed by atoms with Gasteiger partial charge in [-0.05, 0) is 38.5 Å². The molecule has 1 aromatic carbocycles. The van der Waals surface area contributed by atoms with Crippen LogP contribution in [0.15, 0.2) is 24.3 Å². The van der Waals surface area contributed by atoms with Crippen molar-refractivity contribution in [3.8, 4) is 0 Å². The van der Waals surface area contributed by atoms with Gasteiger partial charge in [0.15, 0.2) is 0 Å². The van der Waals surface area contributed by atoms with Crippen molar-refractivity contribution in [2.75, 3.05) is 26.2 Å². The third-order valence-corrected chi connectivity index (χ3v) is 5.72. The van der Waals surface area contributed by atoms with E-state index in [2.05, 4.69) is 16.1 Å². The number of rotatable bonds is 4. The lowest BCUT2D eigenvalue weighted by Crippen LogP contribution is -2.50. The summed E-state index contributed by atoms with van der Waals surface area (Å²) in [5, 5.41) is 5.81. The number of piperazine rings is 1. The first-order chi connectivity index (χ1) is 12.4. The second-order valence-electron chi connectivity index (χ2n) is 6.84. The zero-order valence-corrected chi connectivity index (χ0v) is 16.9. The summed E-state index contributed by atoms with van der Waals surface area (Å²) in [6.45, 7) is 9.63. The number of hydrogen-bond donors (Lipinski definition) is 0. The molecular weight excluding hydrogens is 371 g/mol. The molecule has 1 amide bonds. The van der Waals surface area contributed by atoms with E-state index in [1.807, 2.05) is 43.9 Å². The summed E-state index contributed by atoms with van der Waals surface area (Å²) in [5.41, 5.74) is 2.79. The SMILES string of the molecule is Cc1nn(C(C)C(=O)N2CCN(Cc3cccc(Cl)c3)CC2)c(C)c1Cl. The van der Waals surface area contributed by atoms with Crippen LogP contribution in [0.2, 0.25) is 10.0 Å². The third-order valence-electron chi connectivity index (χ3n) is 4.94. The number of amides is 1. The minimum Gasteiger partial charge on any atom is -0.338 e. The van der Waals surface area contributed by atoms with Crippen molar-refractivity contribution in [2.45, 2.75) is 33.4 Å². The largest absolute Gasteiger partial charge is 0.338 e. The maximum Gasteiger partial charge on any atom is 0.247 e. The maximum atomic E-state index is 12.9. The molecule has 1 aliphatic rings. The van der Waals surface area contributed by atoms with Gasteiger partial charge in [0.25, 0.3) is 0 Å². The van der Waals surface area contributed by atoms with Gasteiger partial charge < -0.3 is 4.90 Å². The second-order valence-corrected chi connectivity index (χ2v) is 7.65. The van der Waals surface area contributed by atoms with E-state index in [4.69, 9.17) is 23.2 Å². The highest BCUT2D eigenvalue weighted by molar-refractivity contribution is 6.31. The summed E-state index contributed by atoms with van der Waals surface area (Å²) < 4.78 is 1.73. The molecule has 0 aliphatic carbocycles. The standard InChI is InChI=1S/C19H24Cl2N4O/c1-13-18(21)14(2)25(22-13)15(3)19(26)24-9-7-23(8-10-24)12-16-5-4-6-17(20)11-16/h4-6,11,15H,7-10,12H2,1-3H3. The molecule has 0 saturated carbocycles. The molecule has 1 aliphatic heterocycles. The van der Waals surface area contributed by atoms with Gasteiger partial charge >= 0.3 is 0 Å². The molecule has 26 heavy (non-hydrogen) atoms. The van der Waals surface area contributed by atoms with Gasteiger partial charge in [0, 0.05) is 37.7 Å². The van der Waals surface area contributed by atoms with E-state index in [-0.39, 0.29) is 11.9 Å². The van der Waals surface area contributed by atoms with E-state index in [1.54, 1.807) is 4.68 Å². The van der Waals surface area contributed by atoms with Crippen LogP contribution in [0.3, 0.4) is 0 Å². The molecule has 1 fully saturated rings. The van der Waals surface area contributed by atoms with Gasteiger partial charge in [-0.2, -0.15) is 5.10 Å². The molecule has 0 N–H and O–H groups in total. The first-order valence-corrected chi connectivity index (χ1v) is 9.59. The van der Waals surface area contributed by atoms with Crippen molar-refractivity contribution < 1.29 is 4.79 Å². The van der Waals surface area contributed by atoms with Crippen LogP contribution in [0.1, 0.15) is 29.9 Å². The van der Waals surface area contributed by atoms with Crippen LogP contribution in [0.4, 0.5) is 0 Å². The quantitative estimate of drug-likeness (QED) is 0.793. The molecular formula is C19H24Cl2N4O. The van der Waals surface area contributed by atoms with Crippen molar-refractivity contribution in [1.29, 1.82) is 0 Å². The molecule has 0 bridgehead atoms. The highest BCUT2D eigenvalue weighted by Gasteiger charge is 2.28. The number of halogens is 2. The fraction of sp³-hybridized carbons (Fsp3) is 0.474. The predicted molar refractivity (Wildman–Crippen MR) is 105 cm³/mol. The molecule has 1 aromatic heterocycles. The van der Waals surface area contributed by atoms with Gasteiger partial charge in [0.2, 0.25) is 5.91 Å². The monoisotopic (exact) mass is 394 g/mol. The topological polar surface area (TPSA) is 41.4 Å². The van der Waals surface area contributed by atoms with E-state index < -0.39 is 0 Å². The summed E-state index contributed by atoms with van der Waals surface area (Å²) in [4.78, 5) is 17.1. The number of hydrogen-bond acceptors (Lipinski definition) is 3. The van der Waals surface area contributed by atoms with Crippen molar-refractivity contribution in [3.63, 3.8) is 0 Å². The van der Waals surface area contributed by atoms with Crippen molar-refractivity contribution in [3.05, 3.63) is 51.3 Å². The Labute approximate surface area is 164 Å². The summed E-state index contributed by atoms with van der Waals surface area (Å²) in [6.07, 6.45) is 0. The molecule has 7 heteroatoms. The minimum atomic E-state index is -0.347.